The minimum Gasteiger partial charge on any atom is -0.372 e. The average molecular weight is 366 g/mol. The summed E-state index contributed by atoms with van der Waals surface area (Å²) in [5.41, 5.74) is 8.23. The molecule has 26 heavy (non-hydrogen) atoms. The number of carbonyl (C=O) groups is 1. The van der Waals surface area contributed by atoms with Crippen LogP contribution in [-0.4, -0.2) is 6.41 Å². The quantitative estimate of drug-likeness (QED) is 0.546. The molecule has 0 spiro atoms. The maximum atomic E-state index is 12.0. The Morgan fingerprint density at radius 3 is 1.23 bits per heavy atom. The molecule has 0 aliphatic heterocycles. The first-order valence-electron chi connectivity index (χ1n) is 8.25. The molecule has 1 amide bonds. The van der Waals surface area contributed by atoms with Crippen molar-refractivity contribution in [3.8, 4) is 0 Å². The van der Waals surface area contributed by atoms with Crippen LogP contribution < -0.4 is 16.3 Å². The minimum absolute atomic E-state index is 0.250. The molecule has 0 heterocycles. The van der Waals surface area contributed by atoms with Crippen molar-refractivity contribution in [2.24, 2.45) is 5.73 Å². The van der Waals surface area contributed by atoms with Crippen molar-refractivity contribution in [1.29, 1.82) is 0 Å². The van der Waals surface area contributed by atoms with Gasteiger partial charge in [-0.3, -0.25) is 4.79 Å². The Kier molecular flexibility index (Phi) is 9.59. The molecule has 0 unspecified atom stereocenters. The Morgan fingerprint density at radius 2 is 0.962 bits per heavy atom. The van der Waals surface area contributed by atoms with Crippen molar-refractivity contribution in [3.63, 3.8) is 0 Å². The second kappa shape index (κ2) is 11.7. The SMILES string of the molecule is Cc1cc(C)cc(C)c1.NC=O.O=[P+](c1ccccc1)c1ccccc1. The fraction of sp³-hybridized carbons (Fsp3) is 0.136. The molecule has 134 valence electrons. The normalized spacial score (nSPS) is 9.04. The van der Waals surface area contributed by atoms with Crippen molar-refractivity contribution < 1.29 is 9.36 Å². The third-order valence-electron chi connectivity index (χ3n) is 3.35. The third kappa shape index (κ3) is 7.87. The number of benzene rings is 3. The molecule has 0 radical (unpaired) electrons. The average Bonchev–Trinajstić information content (AvgIpc) is 2.63. The van der Waals surface area contributed by atoms with E-state index in [0.717, 1.165) is 10.6 Å². The third-order valence-corrected chi connectivity index (χ3v) is 4.88. The van der Waals surface area contributed by atoms with Crippen LogP contribution in [0, 0.1) is 20.8 Å². The van der Waals surface area contributed by atoms with Gasteiger partial charge in [-0.25, -0.2) is 0 Å². The van der Waals surface area contributed by atoms with Crippen molar-refractivity contribution in [3.05, 3.63) is 95.6 Å². The predicted octanol–water partition coefficient (Wildman–Crippen LogP) is 4.18. The van der Waals surface area contributed by atoms with Gasteiger partial charge in [-0.2, -0.15) is 0 Å². The van der Waals surface area contributed by atoms with Crippen molar-refractivity contribution in [1.82, 2.24) is 0 Å². The fourth-order valence-electron chi connectivity index (χ4n) is 2.48. The number of nitrogens with two attached hydrogens (primary N) is 1. The smallest absolute Gasteiger partial charge is 0.372 e. The summed E-state index contributed by atoms with van der Waals surface area (Å²) < 4.78 is 12.0. The molecule has 3 nitrogen and oxygen atoms in total. The van der Waals surface area contributed by atoms with Gasteiger partial charge in [0.1, 0.15) is 0 Å². The van der Waals surface area contributed by atoms with Crippen LogP contribution in [0.1, 0.15) is 16.7 Å². The van der Waals surface area contributed by atoms with Crippen molar-refractivity contribution in [2.75, 3.05) is 0 Å². The summed E-state index contributed by atoms with van der Waals surface area (Å²) in [7, 11) is -1.42. The van der Waals surface area contributed by atoms with E-state index >= 15 is 0 Å². The van der Waals surface area contributed by atoms with E-state index in [1.165, 1.54) is 16.7 Å². The molecule has 0 saturated heterocycles. The largest absolute Gasteiger partial charge is 0.415 e. The first-order chi connectivity index (χ1) is 12.5. The molecular formula is C22H25NO2P+. The van der Waals surface area contributed by atoms with E-state index in [9.17, 15) is 4.57 Å². The molecule has 3 aromatic rings. The second-order valence-electron chi connectivity index (χ2n) is 5.77. The van der Waals surface area contributed by atoms with Gasteiger partial charge in [-0.15, -0.1) is 0 Å². The topological polar surface area (TPSA) is 60.2 Å². The van der Waals surface area contributed by atoms with Crippen molar-refractivity contribution in [2.45, 2.75) is 20.8 Å². The summed E-state index contributed by atoms with van der Waals surface area (Å²) in [5.74, 6) is 0. The highest BCUT2D eigenvalue weighted by Crippen LogP contribution is 2.18. The predicted molar refractivity (Wildman–Crippen MR) is 111 cm³/mol. The highest BCUT2D eigenvalue weighted by atomic mass is 31.1. The lowest BCUT2D eigenvalue weighted by Gasteiger charge is -1.96. The summed E-state index contributed by atoms with van der Waals surface area (Å²) >= 11 is 0. The second-order valence-corrected chi connectivity index (χ2v) is 7.39. The molecule has 3 aromatic carbocycles. The maximum Gasteiger partial charge on any atom is 0.415 e. The molecule has 4 heteroatoms. The van der Waals surface area contributed by atoms with Gasteiger partial charge in [0.25, 0.3) is 0 Å². The Morgan fingerprint density at radius 1 is 0.692 bits per heavy atom. The Labute approximate surface area is 156 Å². The van der Waals surface area contributed by atoms with E-state index < -0.39 is 7.80 Å². The molecule has 0 aromatic heterocycles. The first kappa shape index (κ1) is 21.3. The summed E-state index contributed by atoms with van der Waals surface area (Å²) in [5, 5.41) is 1.77. The zero-order valence-electron chi connectivity index (χ0n) is 15.4. The minimum atomic E-state index is -1.42. The lowest BCUT2D eigenvalue weighted by molar-refractivity contribution is -0.106. The van der Waals surface area contributed by atoms with E-state index in [1.54, 1.807) is 0 Å². The van der Waals surface area contributed by atoms with Crippen LogP contribution in [0.2, 0.25) is 0 Å². The monoisotopic (exact) mass is 366 g/mol. The highest BCUT2D eigenvalue weighted by Gasteiger charge is 2.21. The van der Waals surface area contributed by atoms with E-state index in [1.807, 2.05) is 60.7 Å². The Balaban J connectivity index is 0.000000243. The standard InChI is InChI=1S/C12H10OP.C9H12.CH3NO/c13-14(11-7-3-1-4-8-11)12-9-5-2-6-10-12;1-7-4-8(2)6-9(3)5-7;2-1-3/h1-10H;4-6H,1-3H3;1H,(H2,2,3)/q+1;;. The van der Waals surface area contributed by atoms with Crippen LogP contribution in [-0.2, 0) is 9.36 Å². The van der Waals surface area contributed by atoms with Gasteiger partial charge in [-0.1, -0.05) is 75.9 Å². The van der Waals surface area contributed by atoms with Crippen LogP contribution in [0.4, 0.5) is 0 Å². The molecular weight excluding hydrogens is 341 g/mol. The van der Waals surface area contributed by atoms with Gasteiger partial charge in [0.2, 0.25) is 6.41 Å². The molecule has 0 aliphatic carbocycles. The Hall–Kier alpha value is -2.77. The fourth-order valence-corrected chi connectivity index (χ4v) is 3.66. The highest BCUT2D eigenvalue weighted by molar-refractivity contribution is 7.61. The van der Waals surface area contributed by atoms with Gasteiger partial charge < -0.3 is 5.73 Å². The number of rotatable bonds is 2. The van der Waals surface area contributed by atoms with E-state index in [0.29, 0.717) is 0 Å². The lowest BCUT2D eigenvalue weighted by atomic mass is 10.1. The summed E-state index contributed by atoms with van der Waals surface area (Å²) in [6.07, 6.45) is 0.250. The molecule has 0 atom stereocenters. The number of hydrogen-bond donors (Lipinski definition) is 1. The Bertz CT molecular complexity index is 726. The van der Waals surface area contributed by atoms with Crippen LogP contribution in [0.15, 0.2) is 78.9 Å². The molecule has 0 saturated carbocycles. The van der Waals surface area contributed by atoms with E-state index in [2.05, 4.69) is 44.7 Å². The van der Waals surface area contributed by atoms with Gasteiger partial charge in [0.15, 0.2) is 10.6 Å². The van der Waals surface area contributed by atoms with Crippen LogP contribution in [0.25, 0.3) is 0 Å². The van der Waals surface area contributed by atoms with Gasteiger partial charge in [0, 0.05) is 0 Å². The van der Waals surface area contributed by atoms with Gasteiger partial charge >= 0.3 is 7.80 Å². The first-order valence-corrected chi connectivity index (χ1v) is 9.51. The maximum absolute atomic E-state index is 12.0. The van der Waals surface area contributed by atoms with Gasteiger partial charge in [-0.05, 0) is 45.0 Å². The van der Waals surface area contributed by atoms with Crippen molar-refractivity contribution >= 4 is 24.8 Å². The zero-order valence-corrected chi connectivity index (χ0v) is 16.3. The summed E-state index contributed by atoms with van der Waals surface area (Å²) in [6.45, 7) is 6.38. The summed E-state index contributed by atoms with van der Waals surface area (Å²) in [4.78, 5) is 8.58. The number of aryl methyl sites for hydroxylation is 3. The lowest BCUT2D eigenvalue weighted by Crippen LogP contribution is -2.04. The molecule has 0 aliphatic rings. The van der Waals surface area contributed by atoms with Gasteiger partial charge in [0.05, 0.1) is 0 Å². The molecule has 2 N–H and O–H groups in total. The summed E-state index contributed by atoms with van der Waals surface area (Å²) in [6, 6.07) is 25.6. The number of primary amides is 1. The van der Waals surface area contributed by atoms with Crippen LogP contribution in [0.5, 0.6) is 0 Å². The zero-order chi connectivity index (χ0) is 19.4. The molecule has 3 rings (SSSR count). The molecule has 0 bridgehead atoms. The van der Waals surface area contributed by atoms with Crippen LogP contribution >= 0.6 is 7.80 Å². The van der Waals surface area contributed by atoms with Crippen LogP contribution in [0.3, 0.4) is 0 Å². The number of carbonyl (C=O) groups excluding carboxylic acids is 1. The molecule has 0 fully saturated rings. The van der Waals surface area contributed by atoms with E-state index in [-0.39, 0.29) is 6.41 Å². The number of hydrogen-bond acceptors (Lipinski definition) is 2. The number of amides is 1. The van der Waals surface area contributed by atoms with E-state index in [4.69, 9.17) is 4.79 Å².